The van der Waals surface area contributed by atoms with Crippen LogP contribution >= 0.6 is 0 Å². The molecule has 4 rings (SSSR count). The van der Waals surface area contributed by atoms with E-state index in [-0.39, 0.29) is 18.0 Å². The minimum atomic E-state index is -2.84. The molecule has 0 saturated carbocycles. The number of hydrogen-bond acceptors (Lipinski definition) is 4. The second kappa shape index (κ2) is 7.28. The van der Waals surface area contributed by atoms with Crippen LogP contribution < -0.4 is 5.32 Å². The van der Waals surface area contributed by atoms with Gasteiger partial charge in [-0.15, -0.1) is 0 Å². The number of amides is 1. The van der Waals surface area contributed by atoms with Crippen molar-refractivity contribution in [3.05, 3.63) is 36.0 Å². The van der Waals surface area contributed by atoms with Crippen LogP contribution in [-0.4, -0.2) is 60.5 Å². The Kier molecular flexibility index (Phi) is 4.99. The topological polar surface area (TPSA) is 71.4 Å². The van der Waals surface area contributed by atoms with Gasteiger partial charge in [0, 0.05) is 49.3 Å². The van der Waals surface area contributed by atoms with E-state index in [9.17, 15) is 13.2 Å². The molecule has 27 heavy (non-hydrogen) atoms. The number of para-hydroxylation sites is 1. The first-order valence-corrected chi connectivity index (χ1v) is 11.5. The number of piperidine rings is 1. The van der Waals surface area contributed by atoms with Crippen molar-refractivity contribution >= 4 is 26.6 Å². The zero-order chi connectivity index (χ0) is 19.0. The monoisotopic (exact) mass is 389 g/mol. The summed E-state index contributed by atoms with van der Waals surface area (Å²) in [6.45, 7) is 1.72. The van der Waals surface area contributed by atoms with Crippen LogP contribution in [0, 0.1) is 0 Å². The van der Waals surface area contributed by atoms with Crippen LogP contribution in [-0.2, 0) is 28.1 Å². The van der Waals surface area contributed by atoms with E-state index in [4.69, 9.17) is 0 Å². The van der Waals surface area contributed by atoms with Crippen LogP contribution in [0.3, 0.4) is 0 Å². The summed E-state index contributed by atoms with van der Waals surface area (Å²) in [4.78, 5) is 14.8. The van der Waals surface area contributed by atoms with Crippen LogP contribution in [0.2, 0.25) is 0 Å². The summed E-state index contributed by atoms with van der Waals surface area (Å²) in [6.07, 6.45) is 4.95. The van der Waals surface area contributed by atoms with E-state index >= 15 is 0 Å². The van der Waals surface area contributed by atoms with Crippen molar-refractivity contribution in [2.45, 2.75) is 37.8 Å². The standard InChI is InChI=1S/C20H27N3O3S/c1-22-13-15(18-4-2-3-5-19(18)22)12-20(24)21-16-6-9-23(10-7-16)17-8-11-27(25,26)14-17/h2-5,13,16-17H,6-12,14H2,1H3,(H,21,24). The lowest BCUT2D eigenvalue weighted by atomic mass is 10.0. The summed E-state index contributed by atoms with van der Waals surface area (Å²) < 4.78 is 25.4. The largest absolute Gasteiger partial charge is 0.353 e. The third kappa shape index (κ3) is 4.04. The number of carbonyl (C=O) groups excluding carboxylic acids is 1. The fourth-order valence-corrected chi connectivity index (χ4v) is 6.25. The molecule has 0 radical (unpaired) electrons. The van der Waals surface area contributed by atoms with Crippen molar-refractivity contribution in [1.82, 2.24) is 14.8 Å². The smallest absolute Gasteiger partial charge is 0.224 e. The summed E-state index contributed by atoms with van der Waals surface area (Å²) in [6, 6.07) is 8.49. The molecule has 146 valence electrons. The number of likely N-dealkylation sites (tertiary alicyclic amines) is 1. The minimum absolute atomic E-state index is 0.0632. The molecule has 2 aliphatic rings. The second-order valence-corrected chi connectivity index (χ2v) is 10.1. The first-order valence-electron chi connectivity index (χ1n) is 9.68. The fourth-order valence-electron chi connectivity index (χ4n) is 4.49. The number of aryl methyl sites for hydroxylation is 1. The van der Waals surface area contributed by atoms with Crippen LogP contribution in [0.4, 0.5) is 0 Å². The Morgan fingerprint density at radius 3 is 2.63 bits per heavy atom. The Morgan fingerprint density at radius 2 is 1.93 bits per heavy atom. The quantitative estimate of drug-likeness (QED) is 0.860. The van der Waals surface area contributed by atoms with Gasteiger partial charge in [0.05, 0.1) is 17.9 Å². The number of hydrogen-bond donors (Lipinski definition) is 1. The Balaban J connectivity index is 1.31. The maximum Gasteiger partial charge on any atom is 0.224 e. The highest BCUT2D eigenvalue weighted by molar-refractivity contribution is 7.91. The molecule has 1 atom stereocenters. The number of nitrogens with zero attached hydrogens (tertiary/aromatic N) is 2. The SMILES string of the molecule is Cn1cc(CC(=O)NC2CCN(C3CCS(=O)(=O)C3)CC2)c2ccccc21. The van der Waals surface area contributed by atoms with E-state index in [1.165, 1.54) is 0 Å². The number of nitrogens with one attached hydrogen (secondary N) is 1. The van der Waals surface area contributed by atoms with Gasteiger partial charge in [-0.25, -0.2) is 8.42 Å². The molecule has 1 unspecified atom stereocenters. The van der Waals surface area contributed by atoms with Gasteiger partial charge in [-0.2, -0.15) is 0 Å². The molecule has 6 nitrogen and oxygen atoms in total. The van der Waals surface area contributed by atoms with Gasteiger partial charge in [0.15, 0.2) is 9.84 Å². The number of aromatic nitrogens is 1. The van der Waals surface area contributed by atoms with Gasteiger partial charge in [-0.3, -0.25) is 9.69 Å². The molecular weight excluding hydrogens is 362 g/mol. The first kappa shape index (κ1) is 18.5. The molecule has 7 heteroatoms. The predicted octanol–water partition coefficient (Wildman–Crippen LogP) is 1.49. The molecule has 2 fully saturated rings. The maximum absolute atomic E-state index is 12.5. The molecule has 1 amide bonds. The number of carbonyl (C=O) groups is 1. The van der Waals surface area contributed by atoms with Gasteiger partial charge in [0.1, 0.15) is 0 Å². The van der Waals surface area contributed by atoms with Crippen molar-refractivity contribution in [3.63, 3.8) is 0 Å². The number of fused-ring (bicyclic) bond motifs is 1. The average molecular weight is 390 g/mol. The lowest BCUT2D eigenvalue weighted by Crippen LogP contribution is -2.48. The van der Waals surface area contributed by atoms with E-state index in [1.54, 1.807) is 0 Å². The van der Waals surface area contributed by atoms with Gasteiger partial charge in [-0.05, 0) is 30.9 Å². The zero-order valence-electron chi connectivity index (χ0n) is 15.7. The molecule has 0 aliphatic carbocycles. The van der Waals surface area contributed by atoms with Crippen molar-refractivity contribution < 1.29 is 13.2 Å². The van der Waals surface area contributed by atoms with Gasteiger partial charge in [-0.1, -0.05) is 18.2 Å². The van der Waals surface area contributed by atoms with E-state index in [0.29, 0.717) is 17.9 Å². The molecule has 0 bridgehead atoms. The highest BCUT2D eigenvalue weighted by Crippen LogP contribution is 2.23. The molecule has 2 aliphatic heterocycles. The first-order chi connectivity index (χ1) is 12.9. The second-order valence-electron chi connectivity index (χ2n) is 7.89. The van der Waals surface area contributed by atoms with Crippen LogP contribution in [0.1, 0.15) is 24.8 Å². The molecule has 2 aromatic rings. The van der Waals surface area contributed by atoms with E-state index in [0.717, 1.165) is 48.8 Å². The molecule has 1 N–H and O–H groups in total. The van der Waals surface area contributed by atoms with Gasteiger partial charge < -0.3 is 9.88 Å². The molecule has 0 spiro atoms. The lowest BCUT2D eigenvalue weighted by Gasteiger charge is -2.35. The Labute approximate surface area is 160 Å². The number of benzene rings is 1. The predicted molar refractivity (Wildman–Crippen MR) is 106 cm³/mol. The molecule has 1 aromatic heterocycles. The van der Waals surface area contributed by atoms with Crippen molar-refractivity contribution in [2.75, 3.05) is 24.6 Å². The lowest BCUT2D eigenvalue weighted by molar-refractivity contribution is -0.121. The number of sulfone groups is 1. The Bertz CT molecular complexity index is 943. The van der Waals surface area contributed by atoms with Crippen LogP contribution in [0.15, 0.2) is 30.5 Å². The van der Waals surface area contributed by atoms with E-state index in [2.05, 4.69) is 26.9 Å². The Morgan fingerprint density at radius 1 is 1.19 bits per heavy atom. The minimum Gasteiger partial charge on any atom is -0.353 e. The van der Waals surface area contributed by atoms with Crippen molar-refractivity contribution in [2.24, 2.45) is 7.05 Å². The summed E-state index contributed by atoms with van der Waals surface area (Å²) in [5.74, 6) is 0.679. The molecule has 1 aromatic carbocycles. The van der Waals surface area contributed by atoms with E-state index in [1.807, 2.05) is 25.4 Å². The number of rotatable bonds is 4. The summed E-state index contributed by atoms with van der Waals surface area (Å²) in [5, 5.41) is 4.31. The van der Waals surface area contributed by atoms with Crippen molar-refractivity contribution in [3.8, 4) is 0 Å². The van der Waals surface area contributed by atoms with Crippen molar-refractivity contribution in [1.29, 1.82) is 0 Å². The third-order valence-electron chi connectivity index (χ3n) is 5.95. The normalized spacial score (nSPS) is 23.7. The summed E-state index contributed by atoms with van der Waals surface area (Å²) in [7, 11) is -0.839. The fraction of sp³-hybridized carbons (Fsp3) is 0.550. The van der Waals surface area contributed by atoms with Crippen LogP contribution in [0.25, 0.3) is 10.9 Å². The third-order valence-corrected chi connectivity index (χ3v) is 7.70. The molecule has 3 heterocycles. The highest BCUT2D eigenvalue weighted by Gasteiger charge is 2.34. The summed E-state index contributed by atoms with van der Waals surface area (Å²) >= 11 is 0. The van der Waals surface area contributed by atoms with Crippen LogP contribution in [0.5, 0.6) is 0 Å². The van der Waals surface area contributed by atoms with E-state index < -0.39 is 9.84 Å². The molecular formula is C20H27N3O3S. The van der Waals surface area contributed by atoms with Gasteiger partial charge in [0.2, 0.25) is 5.91 Å². The molecule has 2 saturated heterocycles. The maximum atomic E-state index is 12.5. The summed E-state index contributed by atoms with van der Waals surface area (Å²) in [5.41, 5.74) is 2.19. The average Bonchev–Trinajstić information content (AvgIpc) is 3.16. The Hall–Kier alpha value is -1.86. The zero-order valence-corrected chi connectivity index (χ0v) is 16.5. The highest BCUT2D eigenvalue weighted by atomic mass is 32.2. The van der Waals surface area contributed by atoms with Gasteiger partial charge >= 0.3 is 0 Å². The van der Waals surface area contributed by atoms with Gasteiger partial charge in [0.25, 0.3) is 0 Å².